The first-order chi connectivity index (χ1) is 11.6. The van der Waals surface area contributed by atoms with Crippen molar-refractivity contribution in [3.05, 3.63) is 76.5 Å². The SMILES string of the molecule is Cc1csc(NC(=O)c2cccc(COc3ccccc3F)c2)n1. The molecule has 0 saturated carbocycles. The van der Waals surface area contributed by atoms with Gasteiger partial charge >= 0.3 is 0 Å². The van der Waals surface area contributed by atoms with Crippen molar-refractivity contribution < 1.29 is 13.9 Å². The van der Waals surface area contributed by atoms with E-state index in [1.807, 2.05) is 18.4 Å². The van der Waals surface area contributed by atoms with Crippen molar-refractivity contribution in [3.8, 4) is 5.75 Å². The standard InChI is InChI=1S/C18H15FN2O2S/c1-12-11-24-18(20-12)21-17(22)14-6-4-5-13(9-14)10-23-16-8-3-2-7-15(16)19/h2-9,11H,10H2,1H3,(H,20,21,22). The molecular formula is C18H15FN2O2S. The van der Waals surface area contributed by atoms with Gasteiger partial charge in [-0.2, -0.15) is 0 Å². The Morgan fingerprint density at radius 2 is 2.08 bits per heavy atom. The van der Waals surface area contributed by atoms with Crippen LogP contribution in [-0.4, -0.2) is 10.9 Å². The Kier molecular flexibility index (Phi) is 4.86. The summed E-state index contributed by atoms with van der Waals surface area (Å²) < 4.78 is 19.0. The highest BCUT2D eigenvalue weighted by Crippen LogP contribution is 2.19. The summed E-state index contributed by atoms with van der Waals surface area (Å²) in [5.74, 6) is -0.465. The van der Waals surface area contributed by atoms with Crippen molar-refractivity contribution in [3.63, 3.8) is 0 Å². The van der Waals surface area contributed by atoms with Crippen molar-refractivity contribution in [2.75, 3.05) is 5.32 Å². The lowest BCUT2D eigenvalue weighted by Gasteiger charge is -2.08. The van der Waals surface area contributed by atoms with Gasteiger partial charge in [-0.1, -0.05) is 24.3 Å². The molecule has 3 rings (SSSR count). The number of anilines is 1. The lowest BCUT2D eigenvalue weighted by atomic mass is 10.1. The monoisotopic (exact) mass is 342 g/mol. The highest BCUT2D eigenvalue weighted by molar-refractivity contribution is 7.13. The maximum absolute atomic E-state index is 13.5. The molecule has 6 heteroatoms. The van der Waals surface area contributed by atoms with Crippen LogP contribution in [0.2, 0.25) is 0 Å². The van der Waals surface area contributed by atoms with E-state index < -0.39 is 5.82 Å². The molecule has 0 aliphatic rings. The number of thiazole rings is 1. The second kappa shape index (κ2) is 7.23. The van der Waals surface area contributed by atoms with Gasteiger partial charge < -0.3 is 4.74 Å². The molecule has 3 aromatic rings. The van der Waals surface area contributed by atoms with Crippen LogP contribution < -0.4 is 10.1 Å². The van der Waals surface area contributed by atoms with Gasteiger partial charge in [0, 0.05) is 10.9 Å². The Morgan fingerprint density at radius 1 is 1.25 bits per heavy atom. The van der Waals surface area contributed by atoms with Crippen LogP contribution in [0.25, 0.3) is 0 Å². The van der Waals surface area contributed by atoms with Gasteiger partial charge in [0.25, 0.3) is 5.91 Å². The normalized spacial score (nSPS) is 10.4. The van der Waals surface area contributed by atoms with E-state index in [1.54, 1.807) is 36.4 Å². The number of aromatic nitrogens is 1. The van der Waals surface area contributed by atoms with Crippen molar-refractivity contribution >= 4 is 22.4 Å². The Hall–Kier alpha value is -2.73. The first kappa shape index (κ1) is 16.1. The lowest BCUT2D eigenvalue weighted by Crippen LogP contribution is -2.12. The first-order valence-corrected chi connectivity index (χ1v) is 8.19. The van der Waals surface area contributed by atoms with Crippen LogP contribution in [0.1, 0.15) is 21.6 Å². The van der Waals surface area contributed by atoms with Crippen LogP contribution in [0.4, 0.5) is 9.52 Å². The maximum Gasteiger partial charge on any atom is 0.257 e. The molecule has 0 aliphatic carbocycles. The summed E-state index contributed by atoms with van der Waals surface area (Å²) in [5, 5.41) is 5.19. The van der Waals surface area contributed by atoms with Crippen LogP contribution in [-0.2, 0) is 6.61 Å². The molecule has 24 heavy (non-hydrogen) atoms. The number of benzene rings is 2. The fourth-order valence-corrected chi connectivity index (χ4v) is 2.79. The fourth-order valence-electron chi connectivity index (χ4n) is 2.11. The summed E-state index contributed by atoms with van der Waals surface area (Å²) in [6.07, 6.45) is 0. The van der Waals surface area contributed by atoms with Crippen LogP contribution in [0.5, 0.6) is 5.75 Å². The topological polar surface area (TPSA) is 51.2 Å². The average molecular weight is 342 g/mol. The van der Waals surface area contributed by atoms with Gasteiger partial charge in [0.1, 0.15) is 6.61 Å². The molecule has 0 saturated heterocycles. The Bertz CT molecular complexity index is 863. The summed E-state index contributed by atoms with van der Waals surface area (Å²) in [5.41, 5.74) is 2.14. The van der Waals surface area contributed by atoms with Crippen LogP contribution in [0.15, 0.2) is 53.9 Å². The zero-order valence-corrected chi connectivity index (χ0v) is 13.8. The molecule has 0 bridgehead atoms. The minimum Gasteiger partial charge on any atom is -0.486 e. The van der Waals surface area contributed by atoms with E-state index >= 15 is 0 Å². The quantitative estimate of drug-likeness (QED) is 0.747. The minimum atomic E-state index is -0.412. The first-order valence-electron chi connectivity index (χ1n) is 7.31. The van der Waals surface area contributed by atoms with Crippen molar-refractivity contribution in [1.82, 2.24) is 4.98 Å². The number of carbonyl (C=O) groups is 1. The molecule has 0 unspecified atom stereocenters. The number of nitrogens with one attached hydrogen (secondary N) is 1. The maximum atomic E-state index is 13.5. The smallest absolute Gasteiger partial charge is 0.257 e. The van der Waals surface area contributed by atoms with E-state index in [2.05, 4.69) is 10.3 Å². The number of para-hydroxylation sites is 1. The predicted molar refractivity (Wildman–Crippen MR) is 92.0 cm³/mol. The molecule has 0 fully saturated rings. The van der Waals surface area contributed by atoms with Gasteiger partial charge in [-0.25, -0.2) is 9.37 Å². The molecule has 1 amide bonds. The summed E-state index contributed by atoms with van der Waals surface area (Å²) in [7, 11) is 0. The molecule has 4 nitrogen and oxygen atoms in total. The zero-order chi connectivity index (χ0) is 16.9. The molecule has 122 valence electrons. The van der Waals surface area contributed by atoms with Gasteiger partial charge in [0.05, 0.1) is 5.69 Å². The Balaban J connectivity index is 1.67. The van der Waals surface area contributed by atoms with Crippen LogP contribution in [0.3, 0.4) is 0 Å². The number of hydrogen-bond acceptors (Lipinski definition) is 4. The molecule has 1 N–H and O–H groups in total. The van der Waals surface area contributed by atoms with Gasteiger partial charge in [-0.3, -0.25) is 10.1 Å². The second-order valence-electron chi connectivity index (χ2n) is 5.17. The van der Waals surface area contributed by atoms with Gasteiger partial charge in [0.2, 0.25) is 0 Å². The summed E-state index contributed by atoms with van der Waals surface area (Å²) in [4.78, 5) is 16.5. The molecule has 1 heterocycles. The molecule has 0 atom stereocenters. The second-order valence-corrected chi connectivity index (χ2v) is 6.03. The number of hydrogen-bond donors (Lipinski definition) is 1. The number of carbonyl (C=O) groups excluding carboxylic acids is 1. The van der Waals surface area contributed by atoms with E-state index in [0.717, 1.165) is 11.3 Å². The highest BCUT2D eigenvalue weighted by atomic mass is 32.1. The number of aryl methyl sites for hydroxylation is 1. The third kappa shape index (κ3) is 3.97. The highest BCUT2D eigenvalue weighted by Gasteiger charge is 2.09. The number of amides is 1. The predicted octanol–water partition coefficient (Wildman–Crippen LogP) is 4.42. The Morgan fingerprint density at radius 3 is 2.83 bits per heavy atom. The summed E-state index contributed by atoms with van der Waals surface area (Å²) >= 11 is 1.38. The number of rotatable bonds is 5. The van der Waals surface area contributed by atoms with E-state index in [1.165, 1.54) is 17.4 Å². The van der Waals surface area contributed by atoms with Gasteiger partial charge in [-0.05, 0) is 36.8 Å². The Labute approximate surface area is 142 Å². The number of halogens is 1. The van der Waals surface area contributed by atoms with Crippen molar-refractivity contribution in [1.29, 1.82) is 0 Å². The largest absolute Gasteiger partial charge is 0.486 e. The van der Waals surface area contributed by atoms with Crippen molar-refractivity contribution in [2.24, 2.45) is 0 Å². The lowest BCUT2D eigenvalue weighted by molar-refractivity contribution is 0.102. The third-order valence-corrected chi connectivity index (χ3v) is 4.14. The van der Waals surface area contributed by atoms with E-state index in [4.69, 9.17) is 4.74 Å². The molecule has 0 aliphatic heterocycles. The van der Waals surface area contributed by atoms with Gasteiger partial charge in [0.15, 0.2) is 16.7 Å². The molecule has 1 aromatic heterocycles. The number of nitrogens with zero attached hydrogens (tertiary/aromatic N) is 1. The summed E-state index contributed by atoms with van der Waals surface area (Å²) in [6.45, 7) is 2.05. The fraction of sp³-hybridized carbons (Fsp3) is 0.111. The van der Waals surface area contributed by atoms with Crippen LogP contribution in [0, 0.1) is 12.7 Å². The third-order valence-electron chi connectivity index (χ3n) is 3.26. The summed E-state index contributed by atoms with van der Waals surface area (Å²) in [6, 6.07) is 13.2. The molecular weight excluding hydrogens is 327 g/mol. The van der Waals surface area contributed by atoms with E-state index in [0.29, 0.717) is 10.7 Å². The van der Waals surface area contributed by atoms with Gasteiger partial charge in [-0.15, -0.1) is 11.3 Å². The number of ether oxygens (including phenoxy) is 1. The van der Waals surface area contributed by atoms with Crippen LogP contribution >= 0.6 is 11.3 Å². The van der Waals surface area contributed by atoms with E-state index in [9.17, 15) is 9.18 Å². The van der Waals surface area contributed by atoms with E-state index in [-0.39, 0.29) is 18.3 Å². The zero-order valence-electron chi connectivity index (χ0n) is 13.0. The molecule has 0 radical (unpaired) electrons. The average Bonchev–Trinajstić information content (AvgIpc) is 2.99. The molecule has 0 spiro atoms. The minimum absolute atomic E-state index is 0.179. The molecule has 2 aromatic carbocycles. The van der Waals surface area contributed by atoms with Crippen molar-refractivity contribution in [2.45, 2.75) is 13.5 Å².